The van der Waals surface area contributed by atoms with Gasteiger partial charge in [0, 0.05) is 12.1 Å². The average molecular weight is 498 g/mol. The van der Waals surface area contributed by atoms with Crippen LogP contribution in [0.4, 0.5) is 0 Å². The molecule has 4 aromatic rings. The topological polar surface area (TPSA) is 81.5 Å². The molecule has 34 heavy (non-hydrogen) atoms. The van der Waals surface area contributed by atoms with Gasteiger partial charge >= 0.3 is 0 Å². The highest BCUT2D eigenvalue weighted by atomic mass is 35.5. The molecule has 0 saturated heterocycles. The second-order valence-electron chi connectivity index (χ2n) is 7.93. The van der Waals surface area contributed by atoms with E-state index in [1.165, 1.54) is 35.2 Å². The molecule has 0 aliphatic carbocycles. The Hall–Kier alpha value is -3.20. The number of hydrogen-bond acceptors (Lipinski definition) is 5. The van der Waals surface area contributed by atoms with E-state index < -0.39 is 16.1 Å². The van der Waals surface area contributed by atoms with Crippen molar-refractivity contribution in [2.24, 2.45) is 0 Å². The lowest BCUT2D eigenvalue weighted by atomic mass is 10.1. The Balaban J connectivity index is 1.91. The first kappa shape index (κ1) is 23.9. The zero-order chi connectivity index (χ0) is 24.6. The lowest BCUT2D eigenvalue weighted by Gasteiger charge is -2.27. The third-order valence-electron chi connectivity index (χ3n) is 5.86. The van der Waals surface area contributed by atoms with E-state index in [4.69, 9.17) is 21.3 Å². The molecule has 1 unspecified atom stereocenters. The second-order valence-corrected chi connectivity index (χ2v) is 10.4. The van der Waals surface area contributed by atoms with Crippen molar-refractivity contribution in [2.45, 2.75) is 24.8 Å². The van der Waals surface area contributed by atoms with E-state index in [0.717, 1.165) is 5.56 Å². The van der Waals surface area contributed by atoms with Gasteiger partial charge in [-0.3, -0.25) is 9.36 Å². The molecule has 0 saturated carbocycles. The molecule has 1 atom stereocenters. The third kappa shape index (κ3) is 4.20. The highest BCUT2D eigenvalue weighted by molar-refractivity contribution is 7.89. The van der Waals surface area contributed by atoms with E-state index in [0.29, 0.717) is 33.2 Å². The maximum absolute atomic E-state index is 13.6. The first-order valence-corrected chi connectivity index (χ1v) is 12.4. The lowest BCUT2D eigenvalue weighted by Crippen LogP contribution is -2.35. The maximum atomic E-state index is 13.6. The standard InChI is InChI=1S/C25H24ClN3O4S/c1-16-15-18(26)9-14-23(16)29-24(27-22-8-6-5-7-21(22)25(29)30)17(2)28(3)34(31,32)20-12-10-19(33-4)11-13-20/h5-15,17H,1-4H3. The number of methoxy groups -OCH3 is 1. The molecular formula is C25H24ClN3O4S. The number of hydrogen-bond donors (Lipinski definition) is 0. The Bertz CT molecular complexity index is 1530. The summed E-state index contributed by atoms with van der Waals surface area (Å²) in [5.41, 5.74) is 1.56. The number of halogens is 1. The molecule has 3 aromatic carbocycles. The molecule has 7 nitrogen and oxygen atoms in total. The molecule has 0 bridgehead atoms. The van der Waals surface area contributed by atoms with Gasteiger partial charge in [-0.2, -0.15) is 4.31 Å². The number of aromatic nitrogens is 2. The predicted molar refractivity (Wildman–Crippen MR) is 133 cm³/mol. The normalized spacial score (nSPS) is 12.8. The van der Waals surface area contributed by atoms with Gasteiger partial charge in [0.2, 0.25) is 10.0 Å². The third-order valence-corrected chi connectivity index (χ3v) is 8.03. The first-order chi connectivity index (χ1) is 16.1. The van der Waals surface area contributed by atoms with Gasteiger partial charge in [-0.1, -0.05) is 23.7 Å². The number of rotatable bonds is 6. The van der Waals surface area contributed by atoms with Crippen LogP contribution in [-0.4, -0.2) is 36.4 Å². The summed E-state index contributed by atoms with van der Waals surface area (Å²) in [4.78, 5) is 18.5. The van der Waals surface area contributed by atoms with Crippen LogP contribution in [0.2, 0.25) is 5.02 Å². The Morgan fingerprint density at radius 3 is 2.38 bits per heavy atom. The van der Waals surface area contributed by atoms with Crippen LogP contribution in [0.5, 0.6) is 5.75 Å². The molecule has 4 rings (SSSR count). The minimum Gasteiger partial charge on any atom is -0.497 e. The Kier molecular flexibility index (Phi) is 6.49. The van der Waals surface area contributed by atoms with Gasteiger partial charge < -0.3 is 4.74 Å². The summed E-state index contributed by atoms with van der Waals surface area (Å²) in [5.74, 6) is 0.853. The summed E-state index contributed by atoms with van der Waals surface area (Å²) in [6.45, 7) is 3.55. The summed E-state index contributed by atoms with van der Waals surface area (Å²) >= 11 is 6.14. The molecule has 0 aliphatic rings. The van der Waals surface area contributed by atoms with Gasteiger partial charge in [0.1, 0.15) is 11.6 Å². The van der Waals surface area contributed by atoms with E-state index in [9.17, 15) is 13.2 Å². The predicted octanol–water partition coefficient (Wildman–Crippen LogP) is 4.74. The van der Waals surface area contributed by atoms with Crippen LogP contribution in [0.1, 0.15) is 24.4 Å². The van der Waals surface area contributed by atoms with E-state index in [-0.39, 0.29) is 10.5 Å². The number of ether oxygens (including phenoxy) is 1. The number of fused-ring (bicyclic) bond motifs is 1. The number of para-hydroxylation sites is 1. The van der Waals surface area contributed by atoms with Crippen LogP contribution in [0.25, 0.3) is 16.6 Å². The maximum Gasteiger partial charge on any atom is 0.266 e. The quantitative estimate of drug-likeness (QED) is 0.384. The first-order valence-electron chi connectivity index (χ1n) is 10.6. The van der Waals surface area contributed by atoms with Crippen molar-refractivity contribution in [3.63, 3.8) is 0 Å². The Morgan fingerprint density at radius 1 is 1.06 bits per heavy atom. The van der Waals surface area contributed by atoms with Crippen molar-refractivity contribution >= 4 is 32.5 Å². The molecule has 0 aliphatic heterocycles. The van der Waals surface area contributed by atoms with E-state index in [1.54, 1.807) is 61.5 Å². The fraction of sp³-hybridized carbons (Fsp3) is 0.200. The molecule has 0 amide bonds. The van der Waals surface area contributed by atoms with Gasteiger partial charge in [0.25, 0.3) is 5.56 Å². The molecule has 0 spiro atoms. The number of nitrogens with zero attached hydrogens (tertiary/aromatic N) is 3. The smallest absolute Gasteiger partial charge is 0.266 e. The van der Waals surface area contributed by atoms with Crippen molar-refractivity contribution < 1.29 is 13.2 Å². The van der Waals surface area contributed by atoms with Crippen molar-refractivity contribution in [3.05, 3.63) is 93.5 Å². The largest absolute Gasteiger partial charge is 0.497 e. The molecule has 1 aromatic heterocycles. The van der Waals surface area contributed by atoms with E-state index >= 15 is 0 Å². The van der Waals surface area contributed by atoms with Gasteiger partial charge in [-0.15, -0.1) is 0 Å². The fourth-order valence-corrected chi connectivity index (χ4v) is 5.37. The molecule has 0 radical (unpaired) electrons. The van der Waals surface area contributed by atoms with Crippen molar-refractivity contribution in [1.82, 2.24) is 13.9 Å². The van der Waals surface area contributed by atoms with Crippen LogP contribution in [0.15, 0.2) is 76.4 Å². The van der Waals surface area contributed by atoms with E-state index in [2.05, 4.69) is 0 Å². The average Bonchev–Trinajstić information content (AvgIpc) is 2.83. The summed E-state index contributed by atoms with van der Waals surface area (Å²) in [7, 11) is -0.900. The Labute approximate surface area is 203 Å². The zero-order valence-electron chi connectivity index (χ0n) is 19.2. The molecule has 1 heterocycles. The lowest BCUT2D eigenvalue weighted by molar-refractivity contribution is 0.378. The summed E-state index contributed by atoms with van der Waals surface area (Å²) in [5, 5.41) is 0.977. The number of benzene rings is 3. The molecule has 176 valence electrons. The van der Waals surface area contributed by atoms with Crippen LogP contribution in [0, 0.1) is 6.92 Å². The fourth-order valence-electron chi connectivity index (χ4n) is 3.82. The number of aryl methyl sites for hydroxylation is 1. The van der Waals surface area contributed by atoms with Crippen LogP contribution < -0.4 is 10.3 Å². The van der Waals surface area contributed by atoms with Crippen LogP contribution in [0.3, 0.4) is 0 Å². The van der Waals surface area contributed by atoms with Gasteiger partial charge in [0.15, 0.2) is 0 Å². The summed E-state index contributed by atoms with van der Waals surface area (Å²) in [6, 6.07) is 17.6. The Morgan fingerprint density at radius 2 is 1.74 bits per heavy atom. The van der Waals surface area contributed by atoms with Crippen molar-refractivity contribution in [2.75, 3.05) is 14.2 Å². The van der Waals surface area contributed by atoms with Crippen molar-refractivity contribution in [3.8, 4) is 11.4 Å². The monoisotopic (exact) mass is 497 g/mol. The molecular weight excluding hydrogens is 474 g/mol. The number of sulfonamides is 1. The van der Waals surface area contributed by atoms with Gasteiger partial charge in [-0.05, 0) is 74.0 Å². The minimum atomic E-state index is -3.89. The van der Waals surface area contributed by atoms with Gasteiger partial charge in [0.05, 0.1) is 34.6 Å². The second kappa shape index (κ2) is 9.21. The SMILES string of the molecule is COc1ccc(S(=O)(=O)N(C)C(C)c2nc3ccccc3c(=O)n2-c2ccc(Cl)cc2C)cc1. The van der Waals surface area contributed by atoms with E-state index in [1.807, 2.05) is 6.92 Å². The van der Waals surface area contributed by atoms with Crippen LogP contribution in [-0.2, 0) is 10.0 Å². The molecule has 9 heteroatoms. The molecule has 0 N–H and O–H groups in total. The molecule has 0 fully saturated rings. The minimum absolute atomic E-state index is 0.111. The van der Waals surface area contributed by atoms with Gasteiger partial charge in [-0.25, -0.2) is 13.4 Å². The zero-order valence-corrected chi connectivity index (χ0v) is 20.8. The van der Waals surface area contributed by atoms with Crippen LogP contribution >= 0.6 is 11.6 Å². The summed E-state index contributed by atoms with van der Waals surface area (Å²) < 4.78 is 34.6. The highest BCUT2D eigenvalue weighted by Crippen LogP contribution is 2.29. The highest BCUT2D eigenvalue weighted by Gasteiger charge is 2.30. The summed E-state index contributed by atoms with van der Waals surface area (Å²) in [6.07, 6.45) is 0. The van der Waals surface area contributed by atoms with Crippen molar-refractivity contribution in [1.29, 1.82) is 0 Å².